The van der Waals surface area contributed by atoms with Crippen molar-refractivity contribution in [3.8, 4) is 0 Å². The highest BCUT2D eigenvalue weighted by molar-refractivity contribution is 5.73. The van der Waals surface area contributed by atoms with Crippen molar-refractivity contribution in [2.24, 2.45) is 0 Å². The van der Waals surface area contributed by atoms with E-state index >= 15 is 0 Å². The van der Waals surface area contributed by atoms with Gasteiger partial charge in [0.05, 0.1) is 6.61 Å². The standard InChI is InChI=1S/C16H25N3O2/c1-2-19(15-7-8-15)10-9-17-16(21)18-11-13-5-3-4-6-14(13)12-20/h3-6,15,20H,2,7-12H2,1H3,(H2,17,18,21). The van der Waals surface area contributed by atoms with Crippen molar-refractivity contribution in [2.45, 2.75) is 39.0 Å². The number of aliphatic hydroxyl groups is 1. The molecule has 2 amide bonds. The number of aliphatic hydroxyl groups excluding tert-OH is 1. The first-order valence-corrected chi connectivity index (χ1v) is 7.68. The molecule has 1 aliphatic rings. The van der Waals surface area contributed by atoms with E-state index in [-0.39, 0.29) is 12.6 Å². The Morgan fingerprint density at radius 3 is 2.62 bits per heavy atom. The summed E-state index contributed by atoms with van der Waals surface area (Å²) in [7, 11) is 0. The maximum absolute atomic E-state index is 11.8. The molecule has 1 fully saturated rings. The van der Waals surface area contributed by atoms with Gasteiger partial charge in [0, 0.05) is 25.7 Å². The van der Waals surface area contributed by atoms with Gasteiger partial charge in [0.1, 0.15) is 0 Å². The van der Waals surface area contributed by atoms with E-state index in [2.05, 4.69) is 22.5 Å². The van der Waals surface area contributed by atoms with E-state index in [1.807, 2.05) is 24.3 Å². The van der Waals surface area contributed by atoms with Crippen LogP contribution in [0.15, 0.2) is 24.3 Å². The van der Waals surface area contributed by atoms with Crippen LogP contribution in [0, 0.1) is 0 Å². The van der Waals surface area contributed by atoms with Crippen LogP contribution in [-0.4, -0.2) is 41.7 Å². The van der Waals surface area contributed by atoms with Crippen LogP contribution in [0.5, 0.6) is 0 Å². The number of likely N-dealkylation sites (N-methyl/N-ethyl adjacent to an activating group) is 1. The Morgan fingerprint density at radius 2 is 2.00 bits per heavy atom. The fourth-order valence-corrected chi connectivity index (χ4v) is 2.47. The van der Waals surface area contributed by atoms with Gasteiger partial charge in [-0.15, -0.1) is 0 Å². The molecule has 0 spiro atoms. The zero-order chi connectivity index (χ0) is 15.1. The monoisotopic (exact) mass is 291 g/mol. The first-order chi connectivity index (χ1) is 10.2. The number of amides is 2. The van der Waals surface area contributed by atoms with Crippen molar-refractivity contribution in [1.82, 2.24) is 15.5 Å². The zero-order valence-electron chi connectivity index (χ0n) is 12.6. The molecule has 0 aliphatic heterocycles. The Labute approximate surface area is 126 Å². The van der Waals surface area contributed by atoms with Gasteiger partial charge >= 0.3 is 6.03 Å². The fraction of sp³-hybridized carbons (Fsp3) is 0.562. The molecule has 0 unspecified atom stereocenters. The molecule has 0 heterocycles. The lowest BCUT2D eigenvalue weighted by Gasteiger charge is -2.19. The topological polar surface area (TPSA) is 64.6 Å². The fourth-order valence-electron chi connectivity index (χ4n) is 2.47. The summed E-state index contributed by atoms with van der Waals surface area (Å²) in [5, 5.41) is 15.0. The molecule has 116 valence electrons. The Kier molecular flexibility index (Phi) is 6.02. The molecule has 5 nitrogen and oxygen atoms in total. The SMILES string of the molecule is CCN(CCNC(=O)NCc1ccccc1CO)C1CC1. The van der Waals surface area contributed by atoms with Crippen LogP contribution < -0.4 is 10.6 Å². The van der Waals surface area contributed by atoms with Crippen molar-refractivity contribution in [1.29, 1.82) is 0 Å². The second-order valence-corrected chi connectivity index (χ2v) is 5.40. The summed E-state index contributed by atoms with van der Waals surface area (Å²) >= 11 is 0. The quantitative estimate of drug-likeness (QED) is 0.679. The molecule has 0 atom stereocenters. The van der Waals surface area contributed by atoms with Gasteiger partial charge < -0.3 is 15.7 Å². The average molecular weight is 291 g/mol. The van der Waals surface area contributed by atoms with Crippen molar-refractivity contribution in [2.75, 3.05) is 19.6 Å². The number of hydrogen-bond donors (Lipinski definition) is 3. The molecular formula is C16H25N3O2. The Bertz CT molecular complexity index is 461. The van der Waals surface area contributed by atoms with Gasteiger partial charge in [0.15, 0.2) is 0 Å². The highest BCUT2D eigenvalue weighted by Crippen LogP contribution is 2.25. The van der Waals surface area contributed by atoms with Crippen LogP contribution >= 0.6 is 0 Å². The number of hydrogen-bond acceptors (Lipinski definition) is 3. The van der Waals surface area contributed by atoms with Crippen LogP contribution in [0.25, 0.3) is 0 Å². The third-order valence-electron chi connectivity index (χ3n) is 3.88. The summed E-state index contributed by atoms with van der Waals surface area (Å²) in [6, 6.07) is 8.14. The van der Waals surface area contributed by atoms with Gasteiger partial charge in [-0.2, -0.15) is 0 Å². The first-order valence-electron chi connectivity index (χ1n) is 7.68. The second kappa shape index (κ2) is 8.00. The minimum absolute atomic E-state index is 0.00762. The van der Waals surface area contributed by atoms with Gasteiger partial charge in [-0.05, 0) is 30.5 Å². The lowest BCUT2D eigenvalue weighted by molar-refractivity contribution is 0.234. The highest BCUT2D eigenvalue weighted by atomic mass is 16.3. The molecule has 21 heavy (non-hydrogen) atoms. The first kappa shape index (κ1) is 15.8. The highest BCUT2D eigenvalue weighted by Gasteiger charge is 2.27. The van der Waals surface area contributed by atoms with Gasteiger partial charge in [-0.1, -0.05) is 31.2 Å². The number of nitrogens with one attached hydrogen (secondary N) is 2. The molecule has 0 radical (unpaired) electrons. The summed E-state index contributed by atoms with van der Waals surface area (Å²) in [5.41, 5.74) is 1.80. The van der Waals surface area contributed by atoms with Crippen LogP contribution in [0.4, 0.5) is 4.79 Å². The number of benzene rings is 1. The molecule has 3 N–H and O–H groups in total. The van der Waals surface area contributed by atoms with Crippen LogP contribution in [0.2, 0.25) is 0 Å². The maximum atomic E-state index is 11.8. The second-order valence-electron chi connectivity index (χ2n) is 5.40. The largest absolute Gasteiger partial charge is 0.392 e. The third kappa shape index (κ3) is 5.02. The summed E-state index contributed by atoms with van der Waals surface area (Å²) in [6.07, 6.45) is 2.58. The third-order valence-corrected chi connectivity index (χ3v) is 3.88. The minimum Gasteiger partial charge on any atom is -0.392 e. The number of nitrogens with zero attached hydrogens (tertiary/aromatic N) is 1. The van der Waals surface area contributed by atoms with Gasteiger partial charge in [0.2, 0.25) is 0 Å². The molecule has 1 saturated carbocycles. The van der Waals surface area contributed by atoms with Crippen molar-refractivity contribution in [3.63, 3.8) is 0 Å². The molecule has 0 aromatic heterocycles. The van der Waals surface area contributed by atoms with E-state index in [0.717, 1.165) is 30.3 Å². The average Bonchev–Trinajstić information content (AvgIpc) is 3.34. The molecule has 0 saturated heterocycles. The predicted octanol–water partition coefficient (Wildman–Crippen LogP) is 1.46. The van der Waals surface area contributed by atoms with E-state index in [0.29, 0.717) is 13.1 Å². The van der Waals surface area contributed by atoms with Crippen molar-refractivity contribution in [3.05, 3.63) is 35.4 Å². The predicted molar refractivity (Wildman–Crippen MR) is 82.9 cm³/mol. The van der Waals surface area contributed by atoms with E-state index < -0.39 is 0 Å². The van der Waals surface area contributed by atoms with E-state index in [4.69, 9.17) is 0 Å². The summed E-state index contributed by atoms with van der Waals surface area (Å²) < 4.78 is 0. The van der Waals surface area contributed by atoms with E-state index in [9.17, 15) is 9.90 Å². The maximum Gasteiger partial charge on any atom is 0.315 e. The van der Waals surface area contributed by atoms with Gasteiger partial charge in [0.25, 0.3) is 0 Å². The molecule has 0 bridgehead atoms. The zero-order valence-corrected chi connectivity index (χ0v) is 12.6. The molecule has 1 aromatic carbocycles. The Morgan fingerprint density at radius 1 is 1.29 bits per heavy atom. The molecule has 2 rings (SSSR count). The van der Waals surface area contributed by atoms with Crippen LogP contribution in [-0.2, 0) is 13.2 Å². The van der Waals surface area contributed by atoms with Crippen molar-refractivity contribution < 1.29 is 9.90 Å². The normalized spacial score (nSPS) is 14.2. The van der Waals surface area contributed by atoms with Gasteiger partial charge in [-0.3, -0.25) is 4.90 Å². The molecular weight excluding hydrogens is 266 g/mol. The van der Waals surface area contributed by atoms with Crippen LogP contribution in [0.3, 0.4) is 0 Å². The molecule has 1 aliphatic carbocycles. The lowest BCUT2D eigenvalue weighted by Crippen LogP contribution is -2.40. The smallest absolute Gasteiger partial charge is 0.315 e. The number of urea groups is 1. The summed E-state index contributed by atoms with van der Waals surface area (Å²) in [6.45, 7) is 5.19. The minimum atomic E-state index is -0.158. The number of rotatable bonds is 8. The Balaban J connectivity index is 1.67. The summed E-state index contributed by atoms with van der Waals surface area (Å²) in [5.74, 6) is 0. The number of carbonyl (C=O) groups excluding carboxylic acids is 1. The van der Waals surface area contributed by atoms with Gasteiger partial charge in [-0.25, -0.2) is 4.79 Å². The van der Waals surface area contributed by atoms with E-state index in [1.165, 1.54) is 12.8 Å². The number of carbonyl (C=O) groups is 1. The molecule has 1 aromatic rings. The summed E-state index contributed by atoms with van der Waals surface area (Å²) in [4.78, 5) is 14.2. The Hall–Kier alpha value is -1.59. The van der Waals surface area contributed by atoms with E-state index in [1.54, 1.807) is 0 Å². The van der Waals surface area contributed by atoms with Crippen molar-refractivity contribution >= 4 is 6.03 Å². The molecule has 5 heteroatoms. The van der Waals surface area contributed by atoms with Crippen LogP contribution in [0.1, 0.15) is 30.9 Å². The lowest BCUT2D eigenvalue weighted by atomic mass is 10.1.